The summed E-state index contributed by atoms with van der Waals surface area (Å²) in [4.78, 5) is 64.9. The Labute approximate surface area is 248 Å². The van der Waals surface area contributed by atoms with Crippen LogP contribution in [0.4, 0.5) is 0 Å². The third kappa shape index (κ3) is 4.03. The van der Waals surface area contributed by atoms with Crippen molar-refractivity contribution in [2.45, 2.75) is 90.0 Å². The first kappa shape index (κ1) is 31.1. The number of rotatable bonds is 5. The fourth-order valence-corrected chi connectivity index (χ4v) is 8.81. The van der Waals surface area contributed by atoms with E-state index in [4.69, 9.17) is 23.7 Å². The van der Waals surface area contributed by atoms with Crippen LogP contribution in [0.15, 0.2) is 23.0 Å². The van der Waals surface area contributed by atoms with Crippen molar-refractivity contribution in [3.8, 4) is 0 Å². The summed E-state index contributed by atoms with van der Waals surface area (Å²) in [6, 6.07) is 0. The average molecular weight is 607 g/mol. The van der Waals surface area contributed by atoms with E-state index >= 15 is 0 Å². The fraction of sp³-hybridized carbons (Fsp3) is 0.700. The van der Waals surface area contributed by atoms with Gasteiger partial charge in [0, 0.05) is 30.8 Å². The number of carbonyl (C=O) groups is 5. The molecule has 1 unspecified atom stereocenters. The Morgan fingerprint density at radius 3 is 2.37 bits per heavy atom. The molecule has 2 saturated heterocycles. The zero-order valence-corrected chi connectivity index (χ0v) is 25.2. The predicted octanol–water partition coefficient (Wildman–Crippen LogP) is 0.839. The quantitative estimate of drug-likeness (QED) is 0.227. The van der Waals surface area contributed by atoms with Crippen molar-refractivity contribution in [2.24, 2.45) is 28.6 Å². The predicted molar refractivity (Wildman–Crippen MR) is 143 cm³/mol. The first-order valence-corrected chi connectivity index (χ1v) is 14.2. The molecule has 0 radical (unpaired) electrons. The van der Waals surface area contributed by atoms with Crippen molar-refractivity contribution in [3.63, 3.8) is 0 Å². The second kappa shape index (κ2) is 9.86. The van der Waals surface area contributed by atoms with Gasteiger partial charge in [0.15, 0.2) is 11.5 Å². The fourth-order valence-electron chi connectivity index (χ4n) is 8.81. The summed E-state index contributed by atoms with van der Waals surface area (Å²) in [6.07, 6.45) is -5.37. The van der Waals surface area contributed by atoms with Crippen LogP contribution in [0.2, 0.25) is 0 Å². The lowest BCUT2D eigenvalue weighted by atomic mass is 9.38. The Balaban J connectivity index is 1.64. The van der Waals surface area contributed by atoms with Gasteiger partial charge in [0.05, 0.1) is 25.7 Å². The van der Waals surface area contributed by atoms with Crippen LogP contribution in [0.25, 0.3) is 0 Å². The molecule has 2 saturated carbocycles. The summed E-state index contributed by atoms with van der Waals surface area (Å²) in [5.41, 5.74) is -5.29. The molecular formula is C30H38O13. The molecule has 43 heavy (non-hydrogen) atoms. The molecule has 2 heterocycles. The number of ether oxygens (including phenoxy) is 5. The number of fused-ring (bicyclic) bond motifs is 2. The molecule has 4 fully saturated rings. The molecule has 5 rings (SSSR count). The van der Waals surface area contributed by atoms with E-state index < -0.39 is 93.9 Å². The third-order valence-electron chi connectivity index (χ3n) is 10.8. The molecule has 0 amide bonds. The molecule has 3 N–H and O–H groups in total. The Morgan fingerprint density at radius 1 is 1.12 bits per heavy atom. The van der Waals surface area contributed by atoms with E-state index in [1.54, 1.807) is 27.7 Å². The van der Waals surface area contributed by atoms with Gasteiger partial charge in [-0.3, -0.25) is 9.59 Å². The van der Waals surface area contributed by atoms with E-state index in [2.05, 4.69) is 0 Å². The molecule has 13 heteroatoms. The maximum Gasteiger partial charge on any atom is 0.348 e. The van der Waals surface area contributed by atoms with Crippen molar-refractivity contribution >= 4 is 29.7 Å². The van der Waals surface area contributed by atoms with Gasteiger partial charge in [0.2, 0.25) is 11.7 Å². The maximum atomic E-state index is 13.7. The van der Waals surface area contributed by atoms with Crippen LogP contribution < -0.4 is 0 Å². The number of aliphatic hydroxyl groups excluding tert-OH is 3. The standard InChI is InChI=1S/C30H38O13/c1-12(27(4,5)43-14(3)31)8-18(33)42-21-23-29-11-40-30(23,26(38)39-7)24(36)20(35)22(29)28(6)10-16(32)19(34)13(2)15(28)9-17(29)41-25(21)37/h8,15,17,20-24,34-36H,9-11H2,1-7H3/b12-8+/t15-,17+,20+,21+,22?,23+,24-,28-,29+,30-/m0/s1. The summed E-state index contributed by atoms with van der Waals surface area (Å²) in [5, 5.41) is 33.9. The zero-order chi connectivity index (χ0) is 32.0. The minimum Gasteiger partial charge on any atom is -0.504 e. The number of ketones is 1. The Kier molecular flexibility index (Phi) is 7.14. The summed E-state index contributed by atoms with van der Waals surface area (Å²) >= 11 is 0. The number of carbonyl (C=O) groups excluding carboxylic acids is 5. The molecule has 5 aliphatic rings. The number of allylic oxidation sites excluding steroid dienone is 2. The first-order valence-electron chi connectivity index (χ1n) is 14.2. The zero-order valence-electron chi connectivity index (χ0n) is 25.2. The second-order valence-corrected chi connectivity index (χ2v) is 13.2. The van der Waals surface area contributed by atoms with Crippen LogP contribution in [0.1, 0.15) is 54.4 Å². The number of methoxy groups -OCH3 is 1. The lowest BCUT2D eigenvalue weighted by molar-refractivity contribution is -0.290. The van der Waals surface area contributed by atoms with E-state index in [9.17, 15) is 39.3 Å². The SMILES string of the molecule is COC(=O)[C@@]12OC[C@]34C([C@@H](O)[C@@H]1O)[C@@]1(C)CC(=O)C(O)=C(C)[C@@H]1C[C@H]3OC(=O)[C@H](OC(=O)/C=C(\C)C(C)(C)OC(C)=O)[C@@H]24. The van der Waals surface area contributed by atoms with Gasteiger partial charge in [0.1, 0.15) is 17.8 Å². The van der Waals surface area contributed by atoms with Gasteiger partial charge in [-0.15, -0.1) is 0 Å². The molecule has 0 aromatic carbocycles. The first-order chi connectivity index (χ1) is 19.9. The average Bonchev–Trinajstić information content (AvgIpc) is 3.21. The molecule has 1 spiro atoms. The second-order valence-electron chi connectivity index (χ2n) is 13.2. The van der Waals surface area contributed by atoms with E-state index in [0.29, 0.717) is 11.1 Å². The highest BCUT2D eigenvalue weighted by Gasteiger charge is 2.85. The smallest absolute Gasteiger partial charge is 0.348 e. The van der Waals surface area contributed by atoms with Crippen LogP contribution in [-0.2, 0) is 47.7 Å². The van der Waals surface area contributed by atoms with Crippen LogP contribution in [-0.4, -0.2) is 94.3 Å². The lowest BCUT2D eigenvalue weighted by Crippen LogP contribution is -2.79. The highest BCUT2D eigenvalue weighted by molar-refractivity contribution is 5.95. The molecule has 0 aromatic rings. The molecule has 13 nitrogen and oxygen atoms in total. The molecule has 10 atom stereocenters. The van der Waals surface area contributed by atoms with Gasteiger partial charge in [0.25, 0.3) is 0 Å². The summed E-state index contributed by atoms with van der Waals surface area (Å²) in [7, 11) is 1.06. The van der Waals surface area contributed by atoms with Gasteiger partial charge in [-0.05, 0) is 56.6 Å². The molecule has 3 aliphatic carbocycles. The molecule has 2 bridgehead atoms. The van der Waals surface area contributed by atoms with E-state index in [0.717, 1.165) is 13.2 Å². The minimum absolute atomic E-state index is 0.123. The minimum atomic E-state index is -2.31. The van der Waals surface area contributed by atoms with Gasteiger partial charge in [-0.1, -0.05) is 6.92 Å². The van der Waals surface area contributed by atoms with Gasteiger partial charge in [-0.2, -0.15) is 0 Å². The number of hydrogen-bond donors (Lipinski definition) is 3. The largest absolute Gasteiger partial charge is 0.504 e. The molecule has 0 aromatic heterocycles. The van der Waals surface area contributed by atoms with Gasteiger partial charge in [-0.25, -0.2) is 14.4 Å². The van der Waals surface area contributed by atoms with Crippen LogP contribution in [0.5, 0.6) is 0 Å². The van der Waals surface area contributed by atoms with Crippen molar-refractivity contribution < 1.29 is 63.0 Å². The summed E-state index contributed by atoms with van der Waals surface area (Å²) in [5.74, 6) is -7.48. The van der Waals surface area contributed by atoms with E-state index in [-0.39, 0.29) is 25.2 Å². The number of aliphatic hydroxyl groups is 3. The van der Waals surface area contributed by atoms with Crippen molar-refractivity contribution in [1.29, 1.82) is 0 Å². The molecular weight excluding hydrogens is 568 g/mol. The van der Waals surface area contributed by atoms with Crippen LogP contribution in [0, 0.1) is 28.6 Å². The van der Waals surface area contributed by atoms with Crippen LogP contribution in [0.3, 0.4) is 0 Å². The monoisotopic (exact) mass is 606 g/mol. The highest BCUT2D eigenvalue weighted by Crippen LogP contribution is 2.72. The Hall–Kier alpha value is -3.29. The normalized spacial score (nSPS) is 42.0. The van der Waals surface area contributed by atoms with E-state index in [1.807, 2.05) is 0 Å². The maximum absolute atomic E-state index is 13.7. The van der Waals surface area contributed by atoms with Crippen molar-refractivity contribution in [1.82, 2.24) is 0 Å². The summed E-state index contributed by atoms with van der Waals surface area (Å²) < 4.78 is 28.0. The Morgan fingerprint density at radius 2 is 1.77 bits per heavy atom. The Bertz CT molecular complexity index is 1360. The topological polar surface area (TPSA) is 192 Å². The van der Waals surface area contributed by atoms with Gasteiger partial charge < -0.3 is 39.0 Å². The molecule has 236 valence electrons. The number of esters is 4. The highest BCUT2D eigenvalue weighted by atomic mass is 16.6. The van der Waals surface area contributed by atoms with Crippen molar-refractivity contribution in [2.75, 3.05) is 13.7 Å². The van der Waals surface area contributed by atoms with Crippen LogP contribution >= 0.6 is 0 Å². The van der Waals surface area contributed by atoms with Crippen molar-refractivity contribution in [3.05, 3.63) is 23.0 Å². The summed E-state index contributed by atoms with van der Waals surface area (Å²) in [6.45, 7) is 8.96. The van der Waals surface area contributed by atoms with Gasteiger partial charge >= 0.3 is 23.9 Å². The lowest BCUT2D eigenvalue weighted by Gasteiger charge is -2.67. The van der Waals surface area contributed by atoms with E-state index in [1.165, 1.54) is 13.8 Å². The number of hydrogen-bond acceptors (Lipinski definition) is 13. The number of Topliss-reactive ketones (excluding diaryl/α,β-unsaturated/α-hetero) is 1. The molecule has 2 aliphatic heterocycles. The third-order valence-corrected chi connectivity index (χ3v) is 10.8.